The Morgan fingerprint density at radius 2 is 1.87 bits per heavy atom. The van der Waals surface area contributed by atoms with Gasteiger partial charge in [0.15, 0.2) is 11.6 Å². The lowest BCUT2D eigenvalue weighted by Crippen LogP contribution is -2.10. The molecule has 1 heterocycles. The maximum absolute atomic E-state index is 11.9. The van der Waals surface area contributed by atoms with Gasteiger partial charge in [0, 0.05) is 12.7 Å². The summed E-state index contributed by atoms with van der Waals surface area (Å²) < 4.78 is 5.19. The van der Waals surface area contributed by atoms with Crippen LogP contribution in [0.5, 0.6) is 0 Å². The lowest BCUT2D eigenvalue weighted by Gasteiger charge is -2.11. The van der Waals surface area contributed by atoms with Crippen LogP contribution < -0.4 is 16.4 Å². The van der Waals surface area contributed by atoms with E-state index in [1.807, 2.05) is 13.8 Å². The first-order valence-electron chi connectivity index (χ1n) is 7.33. The molecule has 4 N–H and O–H groups in total. The van der Waals surface area contributed by atoms with Gasteiger partial charge in [0.2, 0.25) is 0 Å². The smallest absolute Gasteiger partial charge is 0.338 e. The van der Waals surface area contributed by atoms with Crippen LogP contribution >= 0.6 is 0 Å². The number of hydrogen-bond acceptors (Lipinski definition) is 7. The van der Waals surface area contributed by atoms with Gasteiger partial charge in [-0.1, -0.05) is 13.8 Å². The van der Waals surface area contributed by atoms with Crippen LogP contribution in [-0.4, -0.2) is 29.6 Å². The number of anilines is 4. The molecule has 0 spiro atoms. The monoisotopic (exact) mass is 315 g/mol. The average molecular weight is 315 g/mol. The van der Waals surface area contributed by atoms with Gasteiger partial charge in [-0.2, -0.15) is 0 Å². The van der Waals surface area contributed by atoms with E-state index in [0.29, 0.717) is 35.4 Å². The Hall–Kier alpha value is -2.83. The molecule has 1 aromatic heterocycles. The molecule has 0 aliphatic heterocycles. The Morgan fingerprint density at radius 1 is 1.22 bits per heavy atom. The number of benzene rings is 1. The molecule has 7 heteroatoms. The highest BCUT2D eigenvalue weighted by Crippen LogP contribution is 2.25. The molecule has 1 aromatic carbocycles. The van der Waals surface area contributed by atoms with Crippen LogP contribution in [0.1, 0.15) is 24.2 Å². The van der Waals surface area contributed by atoms with E-state index in [1.165, 1.54) is 6.33 Å². The molecule has 122 valence electrons. The third-order valence-corrected chi connectivity index (χ3v) is 3.05. The van der Waals surface area contributed by atoms with Gasteiger partial charge in [-0.15, -0.1) is 0 Å². The molecule has 0 aliphatic carbocycles. The molecule has 0 saturated carbocycles. The Bertz CT molecular complexity index is 671. The third kappa shape index (κ3) is 4.32. The Labute approximate surface area is 135 Å². The second-order valence-electron chi connectivity index (χ2n) is 5.43. The zero-order valence-electron chi connectivity index (χ0n) is 13.5. The normalized spacial score (nSPS) is 10.4. The molecule has 0 fully saturated rings. The fraction of sp³-hybridized carbons (Fsp3) is 0.312. The van der Waals surface area contributed by atoms with Crippen molar-refractivity contribution in [3.8, 4) is 0 Å². The summed E-state index contributed by atoms with van der Waals surface area (Å²) in [5.41, 5.74) is 7.65. The van der Waals surface area contributed by atoms with Crippen LogP contribution in [0, 0.1) is 5.92 Å². The number of nitrogens with one attached hydrogen (secondary N) is 2. The molecule has 0 bridgehead atoms. The van der Waals surface area contributed by atoms with Crippen LogP contribution in [0.3, 0.4) is 0 Å². The van der Waals surface area contributed by atoms with Crippen molar-refractivity contribution in [2.75, 3.05) is 30.0 Å². The maximum Gasteiger partial charge on any atom is 0.338 e. The highest BCUT2D eigenvalue weighted by Gasteiger charge is 2.10. The lowest BCUT2D eigenvalue weighted by atomic mass is 10.2. The van der Waals surface area contributed by atoms with Crippen molar-refractivity contribution in [3.05, 3.63) is 36.2 Å². The van der Waals surface area contributed by atoms with Crippen LogP contribution in [0.15, 0.2) is 30.6 Å². The highest BCUT2D eigenvalue weighted by molar-refractivity contribution is 5.90. The van der Waals surface area contributed by atoms with Crippen molar-refractivity contribution < 1.29 is 9.53 Å². The van der Waals surface area contributed by atoms with Crippen LogP contribution in [0.2, 0.25) is 0 Å². The SMILES string of the molecule is CNc1ncnc(Nc2ccc(C(=O)OCC(C)C)cc2)c1N. The van der Waals surface area contributed by atoms with Gasteiger partial charge in [-0.05, 0) is 30.2 Å². The van der Waals surface area contributed by atoms with Crippen LogP contribution in [-0.2, 0) is 4.74 Å². The van der Waals surface area contributed by atoms with Gasteiger partial charge in [0.1, 0.15) is 12.0 Å². The van der Waals surface area contributed by atoms with Gasteiger partial charge in [-0.3, -0.25) is 0 Å². The Balaban J connectivity index is 2.07. The van der Waals surface area contributed by atoms with Crippen molar-refractivity contribution in [2.24, 2.45) is 5.92 Å². The quantitative estimate of drug-likeness (QED) is 0.704. The first kappa shape index (κ1) is 16.5. The predicted octanol–water partition coefficient (Wildman–Crippen LogP) is 2.66. The topological polar surface area (TPSA) is 102 Å². The van der Waals surface area contributed by atoms with Gasteiger partial charge in [0.05, 0.1) is 12.2 Å². The summed E-state index contributed by atoms with van der Waals surface area (Å²) in [6, 6.07) is 6.93. The van der Waals surface area contributed by atoms with Crippen LogP contribution in [0.25, 0.3) is 0 Å². The van der Waals surface area contributed by atoms with Gasteiger partial charge in [-0.25, -0.2) is 14.8 Å². The number of esters is 1. The maximum atomic E-state index is 11.9. The fourth-order valence-electron chi connectivity index (χ4n) is 1.85. The molecule has 7 nitrogen and oxygen atoms in total. The number of nitrogen functional groups attached to an aromatic ring is 1. The highest BCUT2D eigenvalue weighted by atomic mass is 16.5. The Morgan fingerprint density at radius 3 is 2.48 bits per heavy atom. The molecular weight excluding hydrogens is 294 g/mol. The summed E-state index contributed by atoms with van der Waals surface area (Å²) in [6.07, 6.45) is 1.42. The summed E-state index contributed by atoms with van der Waals surface area (Å²) in [5, 5.41) is 5.99. The number of rotatable bonds is 6. The van der Waals surface area contributed by atoms with Crippen molar-refractivity contribution in [2.45, 2.75) is 13.8 Å². The molecule has 2 rings (SSSR count). The molecular formula is C16H21N5O2. The second-order valence-corrected chi connectivity index (χ2v) is 5.43. The number of aromatic nitrogens is 2. The first-order chi connectivity index (χ1) is 11.0. The average Bonchev–Trinajstić information content (AvgIpc) is 2.55. The summed E-state index contributed by atoms with van der Waals surface area (Å²) in [5.74, 6) is 1.03. The van der Waals surface area contributed by atoms with Crippen LogP contribution in [0.4, 0.5) is 23.0 Å². The number of carbonyl (C=O) groups excluding carboxylic acids is 1. The Kier molecular flexibility index (Phi) is 5.35. The van der Waals surface area contributed by atoms with Gasteiger partial charge in [0.25, 0.3) is 0 Å². The van der Waals surface area contributed by atoms with E-state index < -0.39 is 0 Å². The van der Waals surface area contributed by atoms with E-state index in [9.17, 15) is 4.79 Å². The molecule has 0 aliphatic rings. The minimum Gasteiger partial charge on any atom is -0.462 e. The first-order valence-corrected chi connectivity index (χ1v) is 7.33. The summed E-state index contributed by atoms with van der Waals surface area (Å²) in [7, 11) is 1.74. The van der Waals surface area contributed by atoms with Gasteiger partial charge < -0.3 is 21.1 Å². The molecule has 23 heavy (non-hydrogen) atoms. The molecule has 0 unspecified atom stereocenters. The molecule has 0 saturated heterocycles. The van der Waals surface area contributed by atoms with Crippen molar-refractivity contribution in [3.63, 3.8) is 0 Å². The minimum atomic E-state index is -0.329. The van der Waals surface area contributed by atoms with E-state index in [0.717, 1.165) is 5.69 Å². The molecule has 2 aromatic rings. The third-order valence-electron chi connectivity index (χ3n) is 3.05. The molecule has 0 radical (unpaired) electrons. The zero-order valence-corrected chi connectivity index (χ0v) is 13.5. The number of ether oxygens (including phenoxy) is 1. The number of carbonyl (C=O) groups is 1. The molecule has 0 atom stereocenters. The summed E-state index contributed by atoms with van der Waals surface area (Å²) in [6.45, 7) is 4.39. The zero-order chi connectivity index (χ0) is 16.8. The van der Waals surface area contributed by atoms with Crippen molar-refractivity contribution in [1.82, 2.24) is 9.97 Å². The van der Waals surface area contributed by atoms with Crippen molar-refractivity contribution in [1.29, 1.82) is 0 Å². The fourth-order valence-corrected chi connectivity index (χ4v) is 1.85. The lowest BCUT2D eigenvalue weighted by molar-refractivity contribution is 0.0459. The van der Waals surface area contributed by atoms with E-state index in [4.69, 9.17) is 10.5 Å². The number of nitrogens with zero attached hydrogens (tertiary/aromatic N) is 2. The van der Waals surface area contributed by atoms with E-state index in [1.54, 1.807) is 31.3 Å². The molecule has 0 amide bonds. The number of hydrogen-bond donors (Lipinski definition) is 3. The van der Waals surface area contributed by atoms with E-state index >= 15 is 0 Å². The second kappa shape index (κ2) is 7.44. The van der Waals surface area contributed by atoms with Gasteiger partial charge >= 0.3 is 5.97 Å². The largest absolute Gasteiger partial charge is 0.462 e. The van der Waals surface area contributed by atoms with E-state index in [2.05, 4.69) is 20.6 Å². The van der Waals surface area contributed by atoms with E-state index in [-0.39, 0.29) is 5.97 Å². The van der Waals surface area contributed by atoms with Crippen molar-refractivity contribution >= 4 is 29.0 Å². The standard InChI is InChI=1S/C16H21N5O2/c1-10(2)8-23-16(22)11-4-6-12(7-5-11)21-15-13(17)14(18-3)19-9-20-15/h4-7,9-10H,8,17H2,1-3H3,(H2,18,19,20,21). The summed E-state index contributed by atoms with van der Waals surface area (Å²) in [4.78, 5) is 20.0. The number of nitrogens with two attached hydrogens (primary N) is 1. The predicted molar refractivity (Wildman–Crippen MR) is 90.8 cm³/mol. The minimum absolute atomic E-state index is 0.307. The summed E-state index contributed by atoms with van der Waals surface area (Å²) >= 11 is 0.